The number of halogens is 2. The minimum atomic E-state index is -3.78. The Kier molecular flexibility index (Phi) is 5.73. The zero-order valence-corrected chi connectivity index (χ0v) is 19.2. The summed E-state index contributed by atoms with van der Waals surface area (Å²) in [6.07, 6.45) is 7.20. The molecule has 0 aliphatic heterocycles. The van der Waals surface area contributed by atoms with E-state index in [4.69, 9.17) is 0 Å². The van der Waals surface area contributed by atoms with Gasteiger partial charge in [-0.15, -0.1) is 0 Å². The average molecular weight is 488 g/mol. The number of nitriles is 1. The first-order valence-electron chi connectivity index (χ1n) is 11.2. The number of alkyl halides is 2. The van der Waals surface area contributed by atoms with Crippen molar-refractivity contribution in [3.8, 4) is 23.3 Å². The van der Waals surface area contributed by atoms with E-state index < -0.39 is 16.6 Å². The third-order valence-electron chi connectivity index (χ3n) is 6.57. The predicted octanol–water partition coefficient (Wildman–Crippen LogP) is 4.37. The Morgan fingerprint density at radius 1 is 1.21 bits per heavy atom. The average Bonchev–Trinajstić information content (AvgIpc) is 3.56. The number of nitrogens with one attached hydrogen (secondary N) is 1. The fourth-order valence-corrected chi connectivity index (χ4v) is 5.61. The Hall–Kier alpha value is -3.10. The molecule has 2 saturated carbocycles. The molecule has 2 aromatic heterocycles. The van der Waals surface area contributed by atoms with Gasteiger partial charge in [0.05, 0.1) is 23.5 Å². The molecule has 0 spiro atoms. The molecule has 2 aliphatic rings. The first-order valence-corrected chi connectivity index (χ1v) is 12.6. The monoisotopic (exact) mass is 487 g/mol. The third-order valence-corrected chi connectivity index (χ3v) is 8.09. The Labute approximate surface area is 195 Å². The fraction of sp³-hybridized carbons (Fsp3) is 0.435. The first kappa shape index (κ1) is 22.7. The van der Waals surface area contributed by atoms with E-state index in [0.717, 1.165) is 32.1 Å². The minimum Gasteiger partial charge on any atom is -0.435 e. The van der Waals surface area contributed by atoms with Gasteiger partial charge in [-0.05, 0) is 57.1 Å². The van der Waals surface area contributed by atoms with Crippen LogP contribution in [0.25, 0.3) is 22.4 Å². The predicted molar refractivity (Wildman–Crippen MR) is 120 cm³/mol. The van der Waals surface area contributed by atoms with Gasteiger partial charge < -0.3 is 9.30 Å². The number of ether oxygens (including phenoxy) is 1. The normalized spacial score (nSPS) is 17.5. The van der Waals surface area contributed by atoms with Gasteiger partial charge in [0.15, 0.2) is 5.82 Å². The van der Waals surface area contributed by atoms with Crippen molar-refractivity contribution in [3.05, 3.63) is 36.2 Å². The van der Waals surface area contributed by atoms with E-state index in [0.29, 0.717) is 28.1 Å². The third kappa shape index (κ3) is 4.12. The Morgan fingerprint density at radius 3 is 2.47 bits per heavy atom. The molecule has 0 bridgehead atoms. The maximum absolute atomic E-state index is 12.8. The number of hydrogen-bond acceptors (Lipinski definition) is 6. The lowest BCUT2D eigenvalue weighted by atomic mass is 9.92. The van der Waals surface area contributed by atoms with Crippen molar-refractivity contribution in [3.63, 3.8) is 0 Å². The van der Waals surface area contributed by atoms with E-state index in [1.165, 1.54) is 24.5 Å². The van der Waals surface area contributed by atoms with E-state index >= 15 is 0 Å². The number of benzene rings is 1. The van der Waals surface area contributed by atoms with Crippen LogP contribution in [-0.4, -0.2) is 35.6 Å². The smallest absolute Gasteiger partial charge is 0.387 e. The second-order valence-corrected chi connectivity index (χ2v) is 10.6. The molecule has 0 radical (unpaired) electrons. The Balaban J connectivity index is 1.58. The largest absolute Gasteiger partial charge is 0.435 e. The van der Waals surface area contributed by atoms with Gasteiger partial charge in [-0.2, -0.15) is 14.0 Å². The van der Waals surface area contributed by atoms with Crippen LogP contribution in [0.5, 0.6) is 5.75 Å². The number of aromatic nitrogens is 3. The summed E-state index contributed by atoms with van der Waals surface area (Å²) in [6, 6.07) is 6.54. The summed E-state index contributed by atoms with van der Waals surface area (Å²) in [6.45, 7) is -1.12. The van der Waals surface area contributed by atoms with E-state index in [2.05, 4.69) is 25.5 Å². The molecule has 5 rings (SSSR count). The molecule has 1 aromatic carbocycles. The molecule has 2 fully saturated rings. The van der Waals surface area contributed by atoms with Crippen molar-refractivity contribution in [2.45, 2.75) is 62.6 Å². The van der Waals surface area contributed by atoms with Gasteiger partial charge in [0.25, 0.3) is 0 Å². The van der Waals surface area contributed by atoms with Crippen LogP contribution in [0.3, 0.4) is 0 Å². The zero-order valence-electron chi connectivity index (χ0n) is 18.4. The molecule has 178 valence electrons. The quantitative estimate of drug-likeness (QED) is 0.505. The van der Waals surface area contributed by atoms with Crippen LogP contribution in [0, 0.1) is 17.2 Å². The summed E-state index contributed by atoms with van der Waals surface area (Å²) in [5.74, 6) is 0.547. The van der Waals surface area contributed by atoms with Crippen LogP contribution < -0.4 is 9.46 Å². The minimum absolute atomic E-state index is 0.00479. The molecule has 34 heavy (non-hydrogen) atoms. The summed E-state index contributed by atoms with van der Waals surface area (Å²) in [5.41, 5.74) is 1.33. The van der Waals surface area contributed by atoms with E-state index in [1.54, 1.807) is 6.07 Å². The van der Waals surface area contributed by atoms with Crippen molar-refractivity contribution in [1.29, 1.82) is 5.26 Å². The number of hydrogen-bond donors (Lipinski definition) is 1. The molecule has 0 saturated heterocycles. The summed E-state index contributed by atoms with van der Waals surface area (Å²) < 4.78 is 60.1. The fourth-order valence-electron chi connectivity index (χ4n) is 4.41. The number of rotatable bonds is 8. The molecule has 11 heteroatoms. The lowest BCUT2D eigenvalue weighted by molar-refractivity contribution is -0.0497. The molecule has 0 amide bonds. The molecule has 2 heterocycles. The topological polar surface area (TPSA) is 110 Å². The Morgan fingerprint density at radius 2 is 1.91 bits per heavy atom. The van der Waals surface area contributed by atoms with Crippen LogP contribution in [0.15, 0.2) is 35.5 Å². The van der Waals surface area contributed by atoms with Gasteiger partial charge in [-0.3, -0.25) is 0 Å². The zero-order chi connectivity index (χ0) is 24.0. The van der Waals surface area contributed by atoms with Crippen molar-refractivity contribution < 1.29 is 21.9 Å². The summed E-state index contributed by atoms with van der Waals surface area (Å²) >= 11 is 0. The first-order chi connectivity index (χ1) is 16.3. The van der Waals surface area contributed by atoms with Gasteiger partial charge in [0.2, 0.25) is 10.0 Å². The summed E-state index contributed by atoms with van der Waals surface area (Å²) in [5, 5.41) is 10.5. The maximum atomic E-state index is 12.8. The number of fused-ring (bicyclic) bond motifs is 1. The van der Waals surface area contributed by atoms with Crippen molar-refractivity contribution >= 4 is 20.9 Å². The SMILES string of the molecule is C[C@H](NS(=O)(=O)c1cnc(-c2c(C#N)c3ccc(OC(F)F)cc3n2C2CCC2)nc1)C1CC1. The maximum Gasteiger partial charge on any atom is 0.387 e. The van der Waals surface area contributed by atoms with Gasteiger partial charge in [-0.25, -0.2) is 23.1 Å². The second-order valence-electron chi connectivity index (χ2n) is 8.84. The van der Waals surface area contributed by atoms with E-state index in [1.807, 2.05) is 11.5 Å². The molecule has 8 nitrogen and oxygen atoms in total. The molecule has 3 aromatic rings. The van der Waals surface area contributed by atoms with Crippen molar-refractivity contribution in [1.82, 2.24) is 19.3 Å². The molecule has 2 aliphatic carbocycles. The summed E-state index contributed by atoms with van der Waals surface area (Å²) in [4.78, 5) is 8.56. The van der Waals surface area contributed by atoms with Crippen LogP contribution in [0.4, 0.5) is 8.78 Å². The second kappa shape index (κ2) is 8.60. The summed E-state index contributed by atoms with van der Waals surface area (Å²) in [7, 11) is -3.78. The van der Waals surface area contributed by atoms with Gasteiger partial charge in [-0.1, -0.05) is 0 Å². The standard InChI is InChI=1S/C23H23F2N5O3S/c1-13(14-5-6-14)29-34(31,32)17-11-27-22(28-12-17)21-19(10-26)18-8-7-16(33-23(24)25)9-20(18)30(21)15-3-2-4-15/h7-9,11-15,23,29H,2-6H2,1H3/t13-/m0/s1. The molecule has 1 N–H and O–H groups in total. The molecule has 1 atom stereocenters. The van der Waals surface area contributed by atoms with Gasteiger partial charge in [0, 0.05) is 23.5 Å². The number of sulfonamides is 1. The number of nitrogens with zero attached hydrogens (tertiary/aromatic N) is 4. The van der Waals surface area contributed by atoms with Crippen molar-refractivity contribution in [2.75, 3.05) is 0 Å². The van der Waals surface area contributed by atoms with Crippen LogP contribution >= 0.6 is 0 Å². The highest BCUT2D eigenvalue weighted by atomic mass is 32.2. The molecular formula is C23H23F2N5O3S. The highest BCUT2D eigenvalue weighted by Gasteiger charge is 2.32. The van der Waals surface area contributed by atoms with E-state index in [9.17, 15) is 22.5 Å². The van der Waals surface area contributed by atoms with Crippen LogP contribution in [0.2, 0.25) is 0 Å². The molecular weight excluding hydrogens is 464 g/mol. The van der Waals surface area contributed by atoms with Crippen LogP contribution in [-0.2, 0) is 10.0 Å². The van der Waals surface area contributed by atoms with Gasteiger partial charge in [0.1, 0.15) is 22.4 Å². The highest BCUT2D eigenvalue weighted by Crippen LogP contribution is 2.42. The highest BCUT2D eigenvalue weighted by molar-refractivity contribution is 7.89. The van der Waals surface area contributed by atoms with Crippen LogP contribution in [0.1, 0.15) is 50.6 Å². The lowest BCUT2D eigenvalue weighted by Crippen LogP contribution is -2.34. The van der Waals surface area contributed by atoms with E-state index in [-0.39, 0.29) is 28.6 Å². The molecule has 0 unspecified atom stereocenters. The lowest BCUT2D eigenvalue weighted by Gasteiger charge is -2.29. The Bertz CT molecular complexity index is 1370. The van der Waals surface area contributed by atoms with Crippen molar-refractivity contribution in [2.24, 2.45) is 5.92 Å². The van der Waals surface area contributed by atoms with Gasteiger partial charge >= 0.3 is 6.61 Å².